The van der Waals surface area contributed by atoms with E-state index < -0.39 is 5.91 Å². The average molecular weight is 274 g/mol. The number of carbonyl (C=O) groups is 2. The van der Waals surface area contributed by atoms with Crippen molar-refractivity contribution in [2.45, 2.75) is 6.92 Å². The number of imidazole rings is 1. The molecule has 7 heteroatoms. The molecule has 0 saturated carbocycles. The number of fused-ring (bicyclic) bond motifs is 1. The van der Waals surface area contributed by atoms with Crippen molar-refractivity contribution in [3.8, 4) is 0 Å². The number of aryl methyl sites for hydroxylation is 1. The number of nitrogens with zero attached hydrogens (tertiary/aromatic N) is 1. The first-order valence-corrected chi connectivity index (χ1v) is 6.35. The summed E-state index contributed by atoms with van der Waals surface area (Å²) < 4.78 is 0. The SMILES string of the molecule is Cc1nc[nH]c1C=C1C(=O)Nc2sc(C(N)=O)cc21. The molecule has 6 nitrogen and oxygen atoms in total. The molecule has 0 unspecified atom stereocenters. The molecule has 1 aliphatic rings. The molecule has 0 radical (unpaired) electrons. The molecule has 0 fully saturated rings. The van der Waals surface area contributed by atoms with Crippen molar-refractivity contribution in [1.29, 1.82) is 0 Å². The van der Waals surface area contributed by atoms with Gasteiger partial charge in [-0.1, -0.05) is 0 Å². The van der Waals surface area contributed by atoms with Crippen LogP contribution in [-0.4, -0.2) is 21.8 Å². The summed E-state index contributed by atoms with van der Waals surface area (Å²) in [6, 6.07) is 1.64. The second kappa shape index (κ2) is 4.06. The Kier molecular flexibility index (Phi) is 2.49. The molecule has 0 spiro atoms. The minimum Gasteiger partial charge on any atom is -0.365 e. The van der Waals surface area contributed by atoms with Gasteiger partial charge in [-0.05, 0) is 19.1 Å². The predicted molar refractivity (Wildman–Crippen MR) is 72.7 cm³/mol. The van der Waals surface area contributed by atoms with Gasteiger partial charge in [0.25, 0.3) is 11.8 Å². The maximum absolute atomic E-state index is 11.9. The van der Waals surface area contributed by atoms with E-state index in [1.807, 2.05) is 6.92 Å². The highest BCUT2D eigenvalue weighted by atomic mass is 32.1. The van der Waals surface area contributed by atoms with Crippen LogP contribution in [-0.2, 0) is 4.79 Å². The first-order valence-electron chi connectivity index (χ1n) is 5.53. The fourth-order valence-electron chi connectivity index (χ4n) is 1.90. The highest BCUT2D eigenvalue weighted by Crippen LogP contribution is 2.39. The lowest BCUT2D eigenvalue weighted by Crippen LogP contribution is -2.09. The molecule has 0 atom stereocenters. The lowest BCUT2D eigenvalue weighted by Gasteiger charge is -1.96. The number of aromatic nitrogens is 2. The van der Waals surface area contributed by atoms with Crippen LogP contribution in [0.25, 0.3) is 11.6 Å². The minimum atomic E-state index is -0.495. The zero-order chi connectivity index (χ0) is 13.6. The molecule has 0 aromatic carbocycles. The molecule has 96 valence electrons. The van der Waals surface area contributed by atoms with Gasteiger partial charge in [-0.3, -0.25) is 9.59 Å². The van der Waals surface area contributed by atoms with E-state index in [1.54, 1.807) is 18.5 Å². The van der Waals surface area contributed by atoms with Crippen LogP contribution in [0.4, 0.5) is 5.00 Å². The molecule has 4 N–H and O–H groups in total. The number of thiophene rings is 1. The Morgan fingerprint density at radius 2 is 2.32 bits per heavy atom. The first kappa shape index (κ1) is 11.7. The molecular weight excluding hydrogens is 264 g/mol. The summed E-state index contributed by atoms with van der Waals surface area (Å²) in [7, 11) is 0. The molecule has 2 aromatic heterocycles. The summed E-state index contributed by atoms with van der Waals surface area (Å²) in [5.74, 6) is -0.683. The van der Waals surface area contributed by atoms with Crippen LogP contribution in [0.2, 0.25) is 0 Å². The lowest BCUT2D eigenvalue weighted by atomic mass is 10.1. The van der Waals surface area contributed by atoms with Gasteiger partial charge >= 0.3 is 0 Å². The van der Waals surface area contributed by atoms with Gasteiger partial charge in [-0.15, -0.1) is 11.3 Å². The number of carbonyl (C=O) groups excluding carboxylic acids is 2. The van der Waals surface area contributed by atoms with Crippen molar-refractivity contribution in [3.05, 3.63) is 34.2 Å². The van der Waals surface area contributed by atoms with Gasteiger partial charge in [0.05, 0.1) is 28.2 Å². The van der Waals surface area contributed by atoms with Gasteiger partial charge < -0.3 is 16.0 Å². The number of amides is 2. The Morgan fingerprint density at radius 1 is 1.53 bits per heavy atom. The normalized spacial score (nSPS) is 15.6. The number of H-pyrrole nitrogens is 1. The van der Waals surface area contributed by atoms with E-state index in [0.29, 0.717) is 21.0 Å². The standard InChI is InChI=1S/C12H10N4O2S/c1-5-8(15-4-14-5)2-6-7-3-9(10(13)17)19-12(7)16-11(6)18/h2-4H,1H3,(H2,13,17)(H,14,15)(H,16,18). The number of anilines is 1. The van der Waals surface area contributed by atoms with Crippen LogP contribution in [0.1, 0.15) is 26.6 Å². The number of nitrogens with one attached hydrogen (secondary N) is 2. The number of rotatable bonds is 2. The summed E-state index contributed by atoms with van der Waals surface area (Å²) in [4.78, 5) is 30.5. The van der Waals surface area contributed by atoms with Crippen molar-refractivity contribution in [2.75, 3.05) is 5.32 Å². The van der Waals surface area contributed by atoms with Gasteiger partial charge in [0.2, 0.25) is 0 Å². The molecule has 0 saturated heterocycles. The Morgan fingerprint density at radius 3 is 2.95 bits per heavy atom. The number of aromatic amines is 1. The first-order chi connectivity index (χ1) is 9.06. The molecular formula is C12H10N4O2S. The van der Waals surface area contributed by atoms with E-state index in [-0.39, 0.29) is 5.91 Å². The third-order valence-electron chi connectivity index (χ3n) is 2.89. The summed E-state index contributed by atoms with van der Waals surface area (Å²) in [6.07, 6.45) is 3.29. The summed E-state index contributed by atoms with van der Waals surface area (Å²) in [6.45, 7) is 1.85. The van der Waals surface area contributed by atoms with Gasteiger partial charge in [-0.2, -0.15) is 0 Å². The van der Waals surface area contributed by atoms with Gasteiger partial charge in [0, 0.05) is 5.56 Å². The Labute approximate surface area is 112 Å². The van der Waals surface area contributed by atoms with E-state index in [9.17, 15) is 9.59 Å². The van der Waals surface area contributed by atoms with Crippen molar-refractivity contribution >= 4 is 39.8 Å². The number of hydrogen-bond donors (Lipinski definition) is 3. The van der Waals surface area contributed by atoms with E-state index in [0.717, 1.165) is 11.4 Å². The van der Waals surface area contributed by atoms with E-state index in [4.69, 9.17) is 5.73 Å². The maximum atomic E-state index is 11.9. The van der Waals surface area contributed by atoms with Crippen LogP contribution in [0, 0.1) is 6.92 Å². The molecule has 2 aromatic rings. The summed E-state index contributed by atoms with van der Waals surface area (Å²) in [5, 5.41) is 3.38. The maximum Gasteiger partial charge on any atom is 0.258 e. The average Bonchev–Trinajstić information content (AvgIpc) is 2.98. The van der Waals surface area contributed by atoms with E-state index in [2.05, 4.69) is 15.3 Å². The van der Waals surface area contributed by atoms with Crippen LogP contribution < -0.4 is 11.1 Å². The second-order valence-corrected chi connectivity index (χ2v) is 5.18. The van der Waals surface area contributed by atoms with E-state index in [1.165, 1.54) is 11.3 Å². The zero-order valence-electron chi connectivity index (χ0n) is 9.98. The summed E-state index contributed by atoms with van der Waals surface area (Å²) >= 11 is 1.18. The second-order valence-electron chi connectivity index (χ2n) is 4.13. The monoisotopic (exact) mass is 274 g/mol. The third-order valence-corrected chi connectivity index (χ3v) is 3.96. The Bertz CT molecular complexity index is 726. The number of primary amides is 1. The van der Waals surface area contributed by atoms with Crippen molar-refractivity contribution in [2.24, 2.45) is 5.73 Å². The smallest absolute Gasteiger partial charge is 0.258 e. The fourth-order valence-corrected chi connectivity index (χ4v) is 2.82. The number of nitrogens with two attached hydrogens (primary N) is 1. The van der Waals surface area contributed by atoms with Gasteiger partial charge in [0.15, 0.2) is 0 Å². The third kappa shape index (κ3) is 1.84. The van der Waals surface area contributed by atoms with E-state index >= 15 is 0 Å². The quantitative estimate of drug-likeness (QED) is 0.721. The summed E-state index contributed by atoms with van der Waals surface area (Å²) in [5.41, 5.74) is 8.02. The van der Waals surface area contributed by atoms with Crippen molar-refractivity contribution in [3.63, 3.8) is 0 Å². The van der Waals surface area contributed by atoms with Gasteiger partial charge in [-0.25, -0.2) is 4.98 Å². The fraction of sp³-hybridized carbons (Fsp3) is 0.0833. The zero-order valence-corrected chi connectivity index (χ0v) is 10.8. The van der Waals surface area contributed by atoms with Crippen LogP contribution in [0.15, 0.2) is 12.4 Å². The van der Waals surface area contributed by atoms with Crippen LogP contribution >= 0.6 is 11.3 Å². The largest absolute Gasteiger partial charge is 0.365 e. The highest BCUT2D eigenvalue weighted by molar-refractivity contribution is 7.18. The van der Waals surface area contributed by atoms with Crippen molar-refractivity contribution < 1.29 is 9.59 Å². The number of hydrogen-bond acceptors (Lipinski definition) is 4. The van der Waals surface area contributed by atoms with Gasteiger partial charge in [0.1, 0.15) is 5.00 Å². The molecule has 1 aliphatic heterocycles. The lowest BCUT2D eigenvalue weighted by molar-refractivity contribution is -0.110. The Hall–Kier alpha value is -2.41. The molecule has 0 aliphatic carbocycles. The minimum absolute atomic E-state index is 0.189. The van der Waals surface area contributed by atoms with Crippen LogP contribution in [0.5, 0.6) is 0 Å². The topological polar surface area (TPSA) is 101 Å². The molecule has 0 bridgehead atoms. The van der Waals surface area contributed by atoms with Crippen LogP contribution in [0.3, 0.4) is 0 Å². The molecule has 3 heterocycles. The predicted octanol–water partition coefficient (Wildman–Crippen LogP) is 1.37. The molecule has 3 rings (SSSR count). The Balaban J connectivity index is 2.09. The van der Waals surface area contributed by atoms with Crippen molar-refractivity contribution in [1.82, 2.24) is 9.97 Å². The molecule has 2 amide bonds. The molecule has 19 heavy (non-hydrogen) atoms. The highest BCUT2D eigenvalue weighted by Gasteiger charge is 2.28.